The number of nitrogens with one attached hydrogen (secondary N) is 2. The van der Waals surface area contributed by atoms with Crippen LogP contribution in [0.5, 0.6) is 0 Å². The van der Waals surface area contributed by atoms with Crippen molar-refractivity contribution in [2.24, 2.45) is 0 Å². The first-order chi connectivity index (χ1) is 12.8. The minimum absolute atomic E-state index is 0.0720. The van der Waals surface area contributed by atoms with Crippen molar-refractivity contribution in [2.75, 3.05) is 18.4 Å². The molecule has 0 saturated heterocycles. The van der Waals surface area contributed by atoms with Gasteiger partial charge in [0.2, 0.25) is 0 Å². The molecule has 1 aliphatic rings. The van der Waals surface area contributed by atoms with Crippen LogP contribution in [0.15, 0.2) is 78.9 Å². The Bertz CT molecular complexity index is 905. The third-order valence-corrected chi connectivity index (χ3v) is 5.00. The first kappa shape index (κ1) is 16.6. The number of rotatable bonds is 4. The standard InChI is InChI=1S/C23H22N2O/c26-23(17-25-15-14-18-8-4-5-11-20(18)16-25)24-22-13-7-6-12-21(22)19-9-2-1-3-10-19/h1-13H,14-17H2,(H,24,26)/p+1. The topological polar surface area (TPSA) is 33.5 Å². The number of anilines is 1. The maximum atomic E-state index is 12.6. The summed E-state index contributed by atoms with van der Waals surface area (Å²) in [5, 5.41) is 3.12. The molecular weight excluding hydrogens is 320 g/mol. The van der Waals surface area contributed by atoms with Crippen molar-refractivity contribution >= 4 is 11.6 Å². The molecule has 26 heavy (non-hydrogen) atoms. The smallest absolute Gasteiger partial charge is 0.279 e. The van der Waals surface area contributed by atoms with Gasteiger partial charge in [-0.3, -0.25) is 4.79 Å². The van der Waals surface area contributed by atoms with E-state index in [2.05, 4.69) is 47.8 Å². The van der Waals surface area contributed by atoms with Crippen molar-refractivity contribution < 1.29 is 9.69 Å². The van der Waals surface area contributed by atoms with E-state index in [1.807, 2.05) is 36.4 Å². The third-order valence-electron chi connectivity index (χ3n) is 5.00. The van der Waals surface area contributed by atoms with Crippen LogP contribution in [0.3, 0.4) is 0 Å². The van der Waals surface area contributed by atoms with E-state index >= 15 is 0 Å². The second-order valence-corrected chi connectivity index (χ2v) is 6.83. The lowest BCUT2D eigenvalue weighted by Gasteiger charge is -2.25. The van der Waals surface area contributed by atoms with E-state index in [4.69, 9.17) is 0 Å². The summed E-state index contributed by atoms with van der Waals surface area (Å²) < 4.78 is 0. The van der Waals surface area contributed by atoms with Gasteiger partial charge >= 0.3 is 0 Å². The number of amides is 1. The predicted molar refractivity (Wildman–Crippen MR) is 105 cm³/mol. The molecular formula is C23H23N2O+. The number of carbonyl (C=O) groups excluding carboxylic acids is 1. The maximum Gasteiger partial charge on any atom is 0.279 e. The Kier molecular flexibility index (Phi) is 4.80. The van der Waals surface area contributed by atoms with Gasteiger partial charge in [0.05, 0.1) is 6.54 Å². The largest absolute Gasteiger partial charge is 0.323 e. The molecule has 0 radical (unpaired) electrons. The zero-order valence-corrected chi connectivity index (χ0v) is 14.7. The fourth-order valence-corrected chi connectivity index (χ4v) is 3.68. The van der Waals surface area contributed by atoms with E-state index < -0.39 is 0 Å². The lowest BCUT2D eigenvalue weighted by Crippen LogP contribution is -3.12. The molecule has 1 heterocycles. The fourth-order valence-electron chi connectivity index (χ4n) is 3.68. The second kappa shape index (κ2) is 7.54. The molecule has 1 unspecified atom stereocenters. The molecule has 4 rings (SSSR count). The molecule has 1 amide bonds. The SMILES string of the molecule is O=C(C[NH+]1CCc2ccccc2C1)Nc1ccccc1-c1ccccc1. The highest BCUT2D eigenvalue weighted by Gasteiger charge is 2.21. The van der Waals surface area contributed by atoms with Gasteiger partial charge in [-0.15, -0.1) is 0 Å². The molecule has 1 aliphatic heterocycles. The van der Waals surface area contributed by atoms with E-state index in [9.17, 15) is 4.79 Å². The Morgan fingerprint density at radius 1 is 0.846 bits per heavy atom. The summed E-state index contributed by atoms with van der Waals surface area (Å²) in [6.07, 6.45) is 1.04. The summed E-state index contributed by atoms with van der Waals surface area (Å²) >= 11 is 0. The molecule has 2 N–H and O–H groups in total. The van der Waals surface area contributed by atoms with Crippen molar-refractivity contribution in [3.05, 3.63) is 90.0 Å². The van der Waals surface area contributed by atoms with Crippen LogP contribution in [-0.2, 0) is 17.8 Å². The average Bonchev–Trinajstić information content (AvgIpc) is 2.69. The van der Waals surface area contributed by atoms with Gasteiger partial charge in [0.15, 0.2) is 6.54 Å². The van der Waals surface area contributed by atoms with Crippen molar-refractivity contribution in [1.29, 1.82) is 0 Å². The van der Waals surface area contributed by atoms with Crippen molar-refractivity contribution in [3.8, 4) is 11.1 Å². The fraction of sp³-hybridized carbons (Fsp3) is 0.174. The van der Waals surface area contributed by atoms with Crippen molar-refractivity contribution in [3.63, 3.8) is 0 Å². The van der Waals surface area contributed by atoms with Crippen LogP contribution in [0.4, 0.5) is 5.69 Å². The molecule has 0 spiro atoms. The summed E-state index contributed by atoms with van der Waals surface area (Å²) in [6, 6.07) is 26.7. The van der Waals surface area contributed by atoms with Gasteiger partial charge < -0.3 is 10.2 Å². The van der Waals surface area contributed by atoms with Crippen LogP contribution in [0, 0.1) is 0 Å². The monoisotopic (exact) mass is 343 g/mol. The van der Waals surface area contributed by atoms with Gasteiger partial charge in [0.25, 0.3) is 5.91 Å². The Morgan fingerprint density at radius 3 is 2.38 bits per heavy atom. The Morgan fingerprint density at radius 2 is 1.54 bits per heavy atom. The highest BCUT2D eigenvalue weighted by atomic mass is 16.2. The van der Waals surface area contributed by atoms with Crippen LogP contribution >= 0.6 is 0 Å². The van der Waals surface area contributed by atoms with Crippen LogP contribution < -0.4 is 10.2 Å². The second-order valence-electron chi connectivity index (χ2n) is 6.83. The normalized spacial score (nSPS) is 15.9. The van der Waals surface area contributed by atoms with E-state index in [1.54, 1.807) is 0 Å². The number of hydrogen-bond donors (Lipinski definition) is 2. The lowest BCUT2D eigenvalue weighted by atomic mass is 10.00. The van der Waals surface area contributed by atoms with E-state index in [1.165, 1.54) is 16.0 Å². The van der Waals surface area contributed by atoms with Gasteiger partial charge in [-0.1, -0.05) is 72.8 Å². The molecule has 0 bridgehead atoms. The van der Waals surface area contributed by atoms with Gasteiger partial charge in [-0.25, -0.2) is 0 Å². The number of carbonyl (C=O) groups is 1. The minimum atomic E-state index is 0.0720. The minimum Gasteiger partial charge on any atom is -0.323 e. The summed E-state index contributed by atoms with van der Waals surface area (Å²) in [5.74, 6) is 0.0720. The molecule has 0 aromatic heterocycles. The Labute approximate surface area is 154 Å². The average molecular weight is 343 g/mol. The van der Waals surface area contributed by atoms with E-state index in [0.717, 1.165) is 36.3 Å². The molecule has 1 atom stereocenters. The van der Waals surface area contributed by atoms with Crippen LogP contribution in [-0.4, -0.2) is 19.0 Å². The summed E-state index contributed by atoms with van der Waals surface area (Å²) in [4.78, 5) is 14.0. The van der Waals surface area contributed by atoms with E-state index in [0.29, 0.717) is 6.54 Å². The maximum absolute atomic E-state index is 12.6. The van der Waals surface area contributed by atoms with Crippen molar-refractivity contribution in [2.45, 2.75) is 13.0 Å². The number of quaternary nitrogens is 1. The predicted octanol–water partition coefficient (Wildman–Crippen LogP) is 2.93. The highest BCUT2D eigenvalue weighted by Crippen LogP contribution is 2.27. The molecule has 3 heteroatoms. The molecule has 0 aliphatic carbocycles. The van der Waals surface area contributed by atoms with Gasteiger partial charge in [-0.05, 0) is 17.2 Å². The lowest BCUT2D eigenvalue weighted by molar-refractivity contribution is -0.907. The number of para-hydroxylation sites is 1. The number of benzene rings is 3. The number of hydrogen-bond acceptors (Lipinski definition) is 1. The van der Waals surface area contributed by atoms with Gasteiger partial charge in [0, 0.05) is 23.2 Å². The van der Waals surface area contributed by atoms with Crippen molar-refractivity contribution in [1.82, 2.24) is 0 Å². The Hall–Kier alpha value is -2.91. The van der Waals surface area contributed by atoms with Crippen LogP contribution in [0.2, 0.25) is 0 Å². The highest BCUT2D eigenvalue weighted by molar-refractivity contribution is 5.96. The molecule has 0 fully saturated rings. The molecule has 3 aromatic rings. The van der Waals surface area contributed by atoms with Gasteiger partial charge in [-0.2, -0.15) is 0 Å². The van der Waals surface area contributed by atoms with Gasteiger partial charge in [0.1, 0.15) is 6.54 Å². The zero-order chi connectivity index (χ0) is 17.8. The summed E-state index contributed by atoms with van der Waals surface area (Å²) in [5.41, 5.74) is 5.83. The van der Waals surface area contributed by atoms with Crippen LogP contribution in [0.25, 0.3) is 11.1 Å². The Balaban J connectivity index is 1.45. The first-order valence-electron chi connectivity index (χ1n) is 9.14. The van der Waals surface area contributed by atoms with E-state index in [-0.39, 0.29) is 5.91 Å². The summed E-state index contributed by atoms with van der Waals surface area (Å²) in [6.45, 7) is 2.42. The quantitative estimate of drug-likeness (QED) is 0.750. The molecule has 3 aromatic carbocycles. The zero-order valence-electron chi connectivity index (χ0n) is 14.7. The third kappa shape index (κ3) is 3.68. The molecule has 3 nitrogen and oxygen atoms in total. The summed E-state index contributed by atoms with van der Waals surface area (Å²) in [7, 11) is 0. The molecule has 0 saturated carbocycles. The first-order valence-corrected chi connectivity index (χ1v) is 9.14. The molecule has 130 valence electrons. The number of fused-ring (bicyclic) bond motifs is 1. The van der Waals surface area contributed by atoms with Crippen LogP contribution in [0.1, 0.15) is 11.1 Å².